The zero-order valence-corrected chi connectivity index (χ0v) is 11.3. The van der Waals surface area contributed by atoms with Crippen LogP contribution in [0.4, 0.5) is 5.82 Å². The molecular weight excluding hydrogens is 240 g/mol. The third-order valence-corrected chi connectivity index (χ3v) is 3.15. The summed E-state index contributed by atoms with van der Waals surface area (Å²) in [5.41, 5.74) is 2.00. The van der Waals surface area contributed by atoms with Crippen LogP contribution in [0.2, 0.25) is 0 Å². The minimum atomic E-state index is 0.709. The van der Waals surface area contributed by atoms with Gasteiger partial charge in [-0.25, -0.2) is 14.5 Å². The van der Waals surface area contributed by atoms with Crippen molar-refractivity contribution in [3.63, 3.8) is 0 Å². The van der Waals surface area contributed by atoms with Gasteiger partial charge in [-0.1, -0.05) is 0 Å². The summed E-state index contributed by atoms with van der Waals surface area (Å²) in [6, 6.07) is 2.04. The minimum absolute atomic E-state index is 0.709. The van der Waals surface area contributed by atoms with Crippen LogP contribution in [0.25, 0.3) is 5.52 Å². The molecule has 0 radical (unpaired) electrons. The standard InChI is InChI=1S/C13H16N6/c1-10-8-11-13(15-5-7-19(11)16-10)18(3)9-12-14-4-6-17(12)2/h4-8H,9H2,1-3H3. The number of hydrogen-bond acceptors (Lipinski definition) is 4. The Balaban J connectivity index is 1.97. The number of rotatable bonds is 3. The number of nitrogens with zero attached hydrogens (tertiary/aromatic N) is 6. The predicted octanol–water partition coefficient (Wildman–Crippen LogP) is 1.41. The predicted molar refractivity (Wildman–Crippen MR) is 73.0 cm³/mol. The fraction of sp³-hybridized carbons (Fsp3) is 0.308. The molecule has 3 rings (SSSR count). The van der Waals surface area contributed by atoms with Crippen LogP contribution in [-0.2, 0) is 13.6 Å². The summed E-state index contributed by atoms with van der Waals surface area (Å²) in [7, 11) is 4.01. The fourth-order valence-corrected chi connectivity index (χ4v) is 2.16. The van der Waals surface area contributed by atoms with Crippen molar-refractivity contribution in [2.45, 2.75) is 13.5 Å². The molecule has 98 valence electrons. The Morgan fingerprint density at radius 3 is 2.74 bits per heavy atom. The number of hydrogen-bond donors (Lipinski definition) is 0. The third-order valence-electron chi connectivity index (χ3n) is 3.15. The lowest BCUT2D eigenvalue weighted by atomic mass is 10.4. The summed E-state index contributed by atoms with van der Waals surface area (Å²) < 4.78 is 3.87. The summed E-state index contributed by atoms with van der Waals surface area (Å²) in [5.74, 6) is 1.91. The van der Waals surface area contributed by atoms with Gasteiger partial charge in [0.2, 0.25) is 0 Å². The van der Waals surface area contributed by atoms with Gasteiger partial charge in [-0.2, -0.15) is 5.10 Å². The molecule has 3 heterocycles. The SMILES string of the molecule is Cc1cc2c(N(C)Cc3nccn3C)nccn2n1. The molecule has 0 aromatic carbocycles. The lowest BCUT2D eigenvalue weighted by molar-refractivity contribution is 0.754. The van der Waals surface area contributed by atoms with Gasteiger partial charge >= 0.3 is 0 Å². The van der Waals surface area contributed by atoms with E-state index in [4.69, 9.17) is 0 Å². The largest absolute Gasteiger partial charge is 0.350 e. The summed E-state index contributed by atoms with van der Waals surface area (Å²) in [5, 5.41) is 4.40. The molecule has 0 unspecified atom stereocenters. The van der Waals surface area contributed by atoms with E-state index in [9.17, 15) is 0 Å². The van der Waals surface area contributed by atoms with Gasteiger partial charge < -0.3 is 9.47 Å². The normalized spacial score (nSPS) is 11.1. The molecule has 0 saturated carbocycles. The quantitative estimate of drug-likeness (QED) is 0.711. The van der Waals surface area contributed by atoms with Crippen molar-refractivity contribution >= 4 is 11.3 Å². The van der Waals surface area contributed by atoms with E-state index in [1.807, 2.05) is 48.6 Å². The summed E-state index contributed by atoms with van der Waals surface area (Å²) in [4.78, 5) is 10.9. The second kappa shape index (κ2) is 4.38. The van der Waals surface area contributed by atoms with Crippen LogP contribution in [0.1, 0.15) is 11.5 Å². The molecule has 0 spiro atoms. The number of aryl methyl sites for hydroxylation is 2. The molecule has 0 N–H and O–H groups in total. The van der Waals surface area contributed by atoms with Crippen LogP contribution >= 0.6 is 0 Å². The highest BCUT2D eigenvalue weighted by atomic mass is 15.3. The topological polar surface area (TPSA) is 51.2 Å². The Kier molecular flexibility index (Phi) is 2.70. The maximum Gasteiger partial charge on any atom is 0.154 e. The first-order chi connectivity index (χ1) is 9.15. The molecule has 0 fully saturated rings. The van der Waals surface area contributed by atoms with Crippen molar-refractivity contribution in [1.29, 1.82) is 0 Å². The second-order valence-corrected chi connectivity index (χ2v) is 4.68. The van der Waals surface area contributed by atoms with Crippen LogP contribution in [0.5, 0.6) is 0 Å². The number of aromatic nitrogens is 5. The molecule has 3 aromatic heterocycles. The van der Waals surface area contributed by atoms with E-state index < -0.39 is 0 Å². The first-order valence-electron chi connectivity index (χ1n) is 6.13. The Bertz CT molecular complexity index is 711. The Morgan fingerprint density at radius 1 is 1.21 bits per heavy atom. The number of imidazole rings is 1. The Hall–Kier alpha value is -2.37. The Labute approximate surface area is 111 Å². The van der Waals surface area contributed by atoms with Gasteiger partial charge in [-0.3, -0.25) is 0 Å². The van der Waals surface area contributed by atoms with E-state index in [2.05, 4.69) is 20.0 Å². The molecule has 0 atom stereocenters. The fourth-order valence-electron chi connectivity index (χ4n) is 2.16. The maximum absolute atomic E-state index is 4.46. The van der Waals surface area contributed by atoms with Crippen LogP contribution in [0.15, 0.2) is 30.9 Å². The van der Waals surface area contributed by atoms with Crippen molar-refractivity contribution in [3.8, 4) is 0 Å². The third kappa shape index (κ3) is 2.05. The van der Waals surface area contributed by atoms with Crippen LogP contribution in [-0.4, -0.2) is 31.2 Å². The van der Waals surface area contributed by atoms with Gasteiger partial charge in [-0.15, -0.1) is 0 Å². The number of anilines is 1. The second-order valence-electron chi connectivity index (χ2n) is 4.68. The number of fused-ring (bicyclic) bond motifs is 1. The smallest absolute Gasteiger partial charge is 0.154 e. The molecule has 6 heteroatoms. The van der Waals surface area contributed by atoms with Crippen molar-refractivity contribution in [1.82, 2.24) is 24.1 Å². The zero-order valence-electron chi connectivity index (χ0n) is 11.3. The van der Waals surface area contributed by atoms with Gasteiger partial charge in [0, 0.05) is 38.9 Å². The lowest BCUT2D eigenvalue weighted by Crippen LogP contribution is -2.20. The van der Waals surface area contributed by atoms with Crippen LogP contribution < -0.4 is 4.90 Å². The maximum atomic E-state index is 4.46. The average molecular weight is 256 g/mol. The van der Waals surface area contributed by atoms with E-state index in [1.54, 1.807) is 12.4 Å². The Morgan fingerprint density at radius 2 is 2.00 bits per heavy atom. The molecule has 6 nitrogen and oxygen atoms in total. The van der Waals surface area contributed by atoms with Crippen LogP contribution in [0.3, 0.4) is 0 Å². The lowest BCUT2D eigenvalue weighted by Gasteiger charge is -2.18. The van der Waals surface area contributed by atoms with Crippen LogP contribution in [0, 0.1) is 6.92 Å². The highest BCUT2D eigenvalue weighted by Gasteiger charge is 2.11. The average Bonchev–Trinajstić information content (AvgIpc) is 2.94. The minimum Gasteiger partial charge on any atom is -0.350 e. The molecule has 0 saturated heterocycles. The van der Waals surface area contributed by atoms with Gasteiger partial charge in [0.05, 0.1) is 12.2 Å². The molecule has 0 aliphatic heterocycles. The highest BCUT2D eigenvalue weighted by Crippen LogP contribution is 2.19. The van der Waals surface area contributed by atoms with E-state index in [1.165, 1.54) is 0 Å². The van der Waals surface area contributed by atoms with E-state index in [-0.39, 0.29) is 0 Å². The molecule has 19 heavy (non-hydrogen) atoms. The monoisotopic (exact) mass is 256 g/mol. The summed E-state index contributed by atoms with van der Waals surface area (Å²) in [6.45, 7) is 2.69. The first-order valence-corrected chi connectivity index (χ1v) is 6.13. The van der Waals surface area contributed by atoms with Crippen molar-refractivity contribution in [3.05, 3.63) is 42.4 Å². The highest BCUT2D eigenvalue weighted by molar-refractivity contribution is 5.68. The summed E-state index contributed by atoms with van der Waals surface area (Å²) >= 11 is 0. The van der Waals surface area contributed by atoms with Crippen molar-refractivity contribution in [2.24, 2.45) is 7.05 Å². The molecule has 0 aliphatic rings. The molecule has 3 aromatic rings. The van der Waals surface area contributed by atoms with Gasteiger partial charge in [0.1, 0.15) is 11.3 Å². The van der Waals surface area contributed by atoms with E-state index in [0.717, 1.165) is 22.9 Å². The van der Waals surface area contributed by atoms with Gasteiger partial charge in [-0.05, 0) is 13.0 Å². The zero-order chi connectivity index (χ0) is 13.4. The van der Waals surface area contributed by atoms with E-state index >= 15 is 0 Å². The van der Waals surface area contributed by atoms with Gasteiger partial charge in [0.25, 0.3) is 0 Å². The molecule has 0 bridgehead atoms. The van der Waals surface area contributed by atoms with E-state index in [0.29, 0.717) is 6.54 Å². The van der Waals surface area contributed by atoms with Crippen molar-refractivity contribution < 1.29 is 0 Å². The molecule has 0 amide bonds. The van der Waals surface area contributed by atoms with Crippen molar-refractivity contribution in [2.75, 3.05) is 11.9 Å². The molecular formula is C13H16N6. The van der Waals surface area contributed by atoms with Gasteiger partial charge in [0.15, 0.2) is 5.82 Å². The molecule has 0 aliphatic carbocycles. The first kappa shape index (κ1) is 11.7. The summed E-state index contributed by atoms with van der Waals surface area (Å²) in [6.07, 6.45) is 7.38.